The Morgan fingerprint density at radius 1 is 0.884 bits per heavy atom. The molecule has 0 radical (unpaired) electrons. The van der Waals surface area contributed by atoms with Gasteiger partial charge in [-0.05, 0) is 66.2 Å². The molecule has 3 amide bonds. The number of hydrogen-bond acceptors (Lipinski definition) is 8. The van der Waals surface area contributed by atoms with Gasteiger partial charge in [-0.15, -0.1) is 0 Å². The smallest absolute Gasteiger partial charge is 0.308 e. The largest absolute Gasteiger partial charge is 0.325 e. The zero-order chi connectivity index (χ0) is 30.6. The highest BCUT2D eigenvalue weighted by atomic mass is 32.2. The molecule has 1 fully saturated rings. The first-order valence-corrected chi connectivity index (χ1v) is 15.9. The van der Waals surface area contributed by atoms with Crippen LogP contribution in [0.3, 0.4) is 0 Å². The molecule has 4 aromatic rings. The average Bonchev–Trinajstić information content (AvgIpc) is 3.40. The molecule has 0 aliphatic carbocycles. The molecular weight excluding hydrogens is 623 g/mol. The van der Waals surface area contributed by atoms with Gasteiger partial charge >= 0.3 is 4.87 Å². The van der Waals surface area contributed by atoms with Gasteiger partial charge in [-0.1, -0.05) is 35.2 Å². The van der Waals surface area contributed by atoms with Crippen molar-refractivity contribution in [3.05, 3.63) is 105 Å². The Balaban J connectivity index is 1.36. The van der Waals surface area contributed by atoms with Crippen LogP contribution in [0.25, 0.3) is 0 Å². The van der Waals surface area contributed by atoms with E-state index in [0.717, 1.165) is 40.1 Å². The van der Waals surface area contributed by atoms with Crippen LogP contribution >= 0.6 is 23.1 Å². The summed E-state index contributed by atoms with van der Waals surface area (Å²) in [5.41, 5.74) is 0.962. The summed E-state index contributed by atoms with van der Waals surface area (Å²) in [6.45, 7) is -0.439. The number of nitrogens with two attached hydrogens (primary N) is 1. The van der Waals surface area contributed by atoms with Crippen LogP contribution in [0.15, 0.2) is 87.5 Å². The van der Waals surface area contributed by atoms with Crippen LogP contribution in [0.1, 0.15) is 16.4 Å². The van der Waals surface area contributed by atoms with Gasteiger partial charge < -0.3 is 5.32 Å². The SMILES string of the molecule is NS(=O)(=O)c1ccc(NC(=O)Cn2c3c(sc2=O)[C@H](c2ccc(F)cc2)C2C(=O)N(c4ccc(F)cc4)C(=O)C2S3)cc1. The number of imide groups is 1. The predicted molar refractivity (Wildman–Crippen MR) is 155 cm³/mol. The number of thiazole rings is 1. The number of halogens is 2. The van der Waals surface area contributed by atoms with Crippen molar-refractivity contribution in [2.75, 3.05) is 10.2 Å². The summed E-state index contributed by atoms with van der Waals surface area (Å²) in [6.07, 6.45) is 0. The molecule has 2 unspecified atom stereocenters. The third-order valence-electron chi connectivity index (χ3n) is 7.13. The molecule has 1 aromatic heterocycles. The van der Waals surface area contributed by atoms with Crippen LogP contribution in [0.4, 0.5) is 20.2 Å². The molecule has 3 aromatic carbocycles. The van der Waals surface area contributed by atoms with Gasteiger partial charge in [0.1, 0.15) is 23.4 Å². The van der Waals surface area contributed by atoms with E-state index < -0.39 is 67.9 Å². The normalized spacial score (nSPS) is 19.7. The third kappa shape index (κ3) is 5.29. The maximum absolute atomic E-state index is 13.8. The van der Waals surface area contributed by atoms with E-state index in [9.17, 15) is 36.4 Å². The lowest BCUT2D eigenvalue weighted by Crippen LogP contribution is -2.33. The number of primary sulfonamides is 1. The molecule has 0 saturated carbocycles. The van der Waals surface area contributed by atoms with E-state index in [4.69, 9.17) is 5.14 Å². The van der Waals surface area contributed by atoms with Gasteiger partial charge in [-0.3, -0.25) is 23.7 Å². The van der Waals surface area contributed by atoms with E-state index in [2.05, 4.69) is 5.32 Å². The molecular formula is C28H20F2N4O6S3. The third-order valence-corrected chi connectivity index (χ3v) is 10.7. The second kappa shape index (κ2) is 10.8. The highest BCUT2D eigenvalue weighted by molar-refractivity contribution is 8.00. The number of fused-ring (bicyclic) bond motifs is 2. The van der Waals surface area contributed by atoms with Gasteiger partial charge in [0.05, 0.1) is 21.5 Å². The summed E-state index contributed by atoms with van der Waals surface area (Å²) in [7, 11) is -3.93. The zero-order valence-electron chi connectivity index (χ0n) is 21.8. The van der Waals surface area contributed by atoms with E-state index in [1.165, 1.54) is 65.2 Å². The Hall–Kier alpha value is -4.18. The molecule has 2 aliphatic heterocycles. The molecule has 2 aliphatic rings. The van der Waals surface area contributed by atoms with Gasteiger partial charge in [-0.25, -0.2) is 27.2 Å². The zero-order valence-corrected chi connectivity index (χ0v) is 24.2. The molecule has 1 saturated heterocycles. The fourth-order valence-corrected chi connectivity index (χ4v) is 8.49. The van der Waals surface area contributed by atoms with Crippen LogP contribution < -0.4 is 20.2 Å². The van der Waals surface area contributed by atoms with Crippen molar-refractivity contribution in [3.63, 3.8) is 0 Å². The van der Waals surface area contributed by atoms with E-state index >= 15 is 0 Å². The lowest BCUT2D eigenvalue weighted by atomic mass is 9.83. The summed E-state index contributed by atoms with van der Waals surface area (Å²) in [5, 5.41) is 7.05. The fourth-order valence-electron chi connectivity index (χ4n) is 5.20. The van der Waals surface area contributed by atoms with Gasteiger partial charge in [-0.2, -0.15) is 0 Å². The second-order valence-electron chi connectivity index (χ2n) is 9.82. The monoisotopic (exact) mass is 642 g/mol. The maximum Gasteiger partial charge on any atom is 0.308 e. The Bertz CT molecular complexity index is 1940. The lowest BCUT2D eigenvalue weighted by Gasteiger charge is -2.30. The summed E-state index contributed by atoms with van der Waals surface area (Å²) >= 11 is 1.82. The summed E-state index contributed by atoms with van der Waals surface area (Å²) in [4.78, 5) is 54.5. The number of aromatic nitrogens is 1. The number of carbonyl (C=O) groups excluding carboxylic acids is 3. The van der Waals surface area contributed by atoms with E-state index in [0.29, 0.717) is 15.5 Å². The molecule has 10 nitrogen and oxygen atoms in total. The van der Waals surface area contributed by atoms with Crippen molar-refractivity contribution in [2.45, 2.75) is 27.6 Å². The van der Waals surface area contributed by atoms with Crippen LogP contribution in [-0.4, -0.2) is 36.0 Å². The number of hydrogen-bond donors (Lipinski definition) is 2. The summed E-state index contributed by atoms with van der Waals surface area (Å²) < 4.78 is 51.7. The number of carbonyl (C=O) groups is 3. The van der Waals surface area contributed by atoms with Crippen molar-refractivity contribution in [1.29, 1.82) is 0 Å². The van der Waals surface area contributed by atoms with Crippen molar-refractivity contribution in [2.24, 2.45) is 11.1 Å². The number of benzene rings is 3. The number of anilines is 2. The average molecular weight is 643 g/mol. The van der Waals surface area contributed by atoms with E-state index in [1.54, 1.807) is 0 Å². The molecule has 3 N–H and O–H groups in total. The second-order valence-corrected chi connectivity index (χ2v) is 13.5. The number of thioether (sulfide) groups is 1. The number of nitrogens with zero attached hydrogens (tertiary/aromatic N) is 2. The van der Waals surface area contributed by atoms with Crippen molar-refractivity contribution < 1.29 is 31.6 Å². The molecule has 0 bridgehead atoms. The molecule has 6 rings (SSSR count). The minimum Gasteiger partial charge on any atom is -0.325 e. The van der Waals surface area contributed by atoms with E-state index in [-0.39, 0.29) is 16.3 Å². The lowest BCUT2D eigenvalue weighted by molar-refractivity contribution is -0.122. The summed E-state index contributed by atoms with van der Waals surface area (Å²) in [6, 6.07) is 15.5. The van der Waals surface area contributed by atoms with Crippen molar-refractivity contribution in [3.8, 4) is 0 Å². The maximum atomic E-state index is 13.8. The Labute approximate surface area is 251 Å². The van der Waals surface area contributed by atoms with Crippen LogP contribution in [0, 0.1) is 17.6 Å². The van der Waals surface area contributed by atoms with Crippen molar-refractivity contribution in [1.82, 2.24) is 4.57 Å². The fraction of sp³-hybridized carbons (Fsp3) is 0.143. The Morgan fingerprint density at radius 2 is 1.49 bits per heavy atom. The first-order chi connectivity index (χ1) is 20.4. The molecule has 3 atom stereocenters. The highest BCUT2D eigenvalue weighted by Crippen LogP contribution is 2.53. The van der Waals surface area contributed by atoms with Gasteiger partial charge in [0.15, 0.2) is 0 Å². The molecule has 0 spiro atoms. The number of amides is 3. The Morgan fingerprint density at radius 3 is 2.09 bits per heavy atom. The first kappa shape index (κ1) is 28.9. The highest BCUT2D eigenvalue weighted by Gasteiger charge is 2.56. The number of sulfonamides is 1. The van der Waals surface area contributed by atoms with Gasteiger partial charge in [0.25, 0.3) is 0 Å². The molecule has 3 heterocycles. The van der Waals surface area contributed by atoms with Crippen LogP contribution in [0.2, 0.25) is 0 Å². The summed E-state index contributed by atoms with van der Waals surface area (Å²) in [5.74, 6) is -4.49. The molecule has 220 valence electrons. The standard InChI is InChI=1S/C28H20F2N4O6S3/c29-15-3-1-14(2-4-15)21-22-23(26(37)34(25(22)36)18-9-5-16(30)6-10-18)41-27-24(21)42-28(38)33(27)13-20(35)32-17-7-11-19(12-8-17)43(31,39)40/h1-12,21-23H,13H2,(H,32,35)(H2,31,39,40)/t21-,22?,23?/m1/s1. The number of nitrogens with one attached hydrogen (secondary N) is 1. The van der Waals surface area contributed by atoms with E-state index in [1.807, 2.05) is 0 Å². The van der Waals surface area contributed by atoms with Gasteiger partial charge in [0, 0.05) is 16.5 Å². The molecule has 43 heavy (non-hydrogen) atoms. The first-order valence-electron chi connectivity index (χ1n) is 12.6. The minimum atomic E-state index is -3.93. The Kier molecular flexibility index (Phi) is 7.28. The van der Waals surface area contributed by atoms with Gasteiger partial charge in [0.2, 0.25) is 27.7 Å². The predicted octanol–water partition coefficient (Wildman–Crippen LogP) is 3.27. The van der Waals surface area contributed by atoms with Crippen molar-refractivity contribution >= 4 is 62.2 Å². The minimum absolute atomic E-state index is 0.142. The van der Waals surface area contributed by atoms with Crippen LogP contribution in [0.5, 0.6) is 0 Å². The molecule has 15 heteroatoms. The van der Waals surface area contributed by atoms with Crippen LogP contribution in [-0.2, 0) is 31.0 Å². The number of rotatable bonds is 6. The topological polar surface area (TPSA) is 149 Å². The quantitative estimate of drug-likeness (QED) is 0.307.